The van der Waals surface area contributed by atoms with Gasteiger partial charge in [0.15, 0.2) is 0 Å². The van der Waals surface area contributed by atoms with E-state index in [0.29, 0.717) is 0 Å². The molecule has 1 atom stereocenters. The van der Waals surface area contributed by atoms with E-state index >= 15 is 0 Å². The Morgan fingerprint density at radius 2 is 2.00 bits per heavy atom. The molecule has 0 aliphatic heterocycles. The predicted molar refractivity (Wildman–Crippen MR) is 69.8 cm³/mol. The van der Waals surface area contributed by atoms with Crippen LogP contribution in [0.5, 0.6) is 0 Å². The first-order chi connectivity index (χ1) is 7.95. The topological polar surface area (TPSA) is 26.3 Å². The average molecular weight is 232 g/mol. The molecule has 0 saturated carbocycles. The summed E-state index contributed by atoms with van der Waals surface area (Å²) >= 11 is 0. The van der Waals surface area contributed by atoms with E-state index in [-0.39, 0.29) is 17.5 Å². The van der Waals surface area contributed by atoms with Crippen LogP contribution in [0, 0.1) is 0 Å². The molecular weight excluding hydrogens is 212 g/mol. The Morgan fingerprint density at radius 3 is 2.53 bits per heavy atom. The molecule has 2 heteroatoms. The van der Waals surface area contributed by atoms with Gasteiger partial charge in [-0.3, -0.25) is 0 Å². The first-order valence-corrected chi connectivity index (χ1v) is 5.84. The van der Waals surface area contributed by atoms with E-state index in [1.165, 1.54) is 11.6 Å². The molecular formula is C15H20O2. The highest BCUT2D eigenvalue weighted by Gasteiger charge is 2.24. The quantitative estimate of drug-likeness (QED) is 0.574. The van der Waals surface area contributed by atoms with E-state index in [1.807, 2.05) is 25.1 Å². The largest absolute Gasteiger partial charge is 0.459 e. The van der Waals surface area contributed by atoms with Crippen LogP contribution in [-0.4, -0.2) is 12.1 Å². The predicted octanol–water partition coefficient (Wildman–Crippen LogP) is 3.47. The van der Waals surface area contributed by atoms with Gasteiger partial charge in [-0.05, 0) is 24.3 Å². The molecule has 1 aromatic carbocycles. The van der Waals surface area contributed by atoms with E-state index in [4.69, 9.17) is 4.74 Å². The Labute approximate surface area is 103 Å². The monoisotopic (exact) mass is 232 g/mol. The molecule has 0 bridgehead atoms. The second kappa shape index (κ2) is 5.67. The summed E-state index contributed by atoms with van der Waals surface area (Å²) in [6, 6.07) is 10.2. The lowest BCUT2D eigenvalue weighted by molar-refractivity contribution is -0.142. The maximum absolute atomic E-state index is 11.1. The Bertz CT molecular complexity index is 379. The lowest BCUT2D eigenvalue weighted by Crippen LogP contribution is -2.26. The molecule has 0 aliphatic rings. The molecule has 0 aliphatic carbocycles. The van der Waals surface area contributed by atoms with Crippen LogP contribution < -0.4 is 0 Å². The lowest BCUT2D eigenvalue weighted by Gasteiger charge is -2.28. The minimum Gasteiger partial charge on any atom is -0.459 e. The summed E-state index contributed by atoms with van der Waals surface area (Å²) in [7, 11) is 0. The van der Waals surface area contributed by atoms with Gasteiger partial charge in [-0.2, -0.15) is 0 Å². The molecule has 0 heterocycles. The Balaban J connectivity index is 2.66. The molecule has 0 N–H and O–H groups in total. The molecule has 1 rings (SSSR count). The van der Waals surface area contributed by atoms with Crippen LogP contribution in [0.2, 0.25) is 0 Å². The molecule has 0 spiro atoms. The van der Waals surface area contributed by atoms with Gasteiger partial charge in [0.05, 0.1) is 0 Å². The number of carbonyl (C=O) groups excluding carboxylic acids is 1. The third-order valence-electron chi connectivity index (χ3n) is 2.84. The highest BCUT2D eigenvalue weighted by atomic mass is 16.5. The van der Waals surface area contributed by atoms with Crippen molar-refractivity contribution >= 4 is 5.97 Å². The lowest BCUT2D eigenvalue weighted by atomic mass is 9.80. The molecule has 92 valence electrons. The number of hydrogen-bond donors (Lipinski definition) is 0. The van der Waals surface area contributed by atoms with Crippen LogP contribution >= 0.6 is 0 Å². The highest BCUT2D eigenvalue weighted by Crippen LogP contribution is 2.28. The van der Waals surface area contributed by atoms with Gasteiger partial charge in [-0.15, -0.1) is 0 Å². The first-order valence-electron chi connectivity index (χ1n) is 5.84. The zero-order valence-electron chi connectivity index (χ0n) is 10.8. The highest BCUT2D eigenvalue weighted by molar-refractivity contribution is 5.81. The van der Waals surface area contributed by atoms with Gasteiger partial charge in [0.2, 0.25) is 0 Å². The van der Waals surface area contributed by atoms with Crippen molar-refractivity contribution in [3.05, 3.63) is 48.6 Å². The SMILES string of the molecule is C=CC(=O)OC(C)CC(C)(C)c1ccccc1. The van der Waals surface area contributed by atoms with E-state index in [2.05, 4.69) is 32.6 Å². The second-order valence-electron chi connectivity index (χ2n) is 4.91. The fraction of sp³-hybridized carbons (Fsp3) is 0.400. The fourth-order valence-electron chi connectivity index (χ4n) is 2.01. The number of benzene rings is 1. The normalized spacial score (nSPS) is 12.9. The minimum absolute atomic E-state index is 0.0118. The summed E-state index contributed by atoms with van der Waals surface area (Å²) < 4.78 is 5.20. The summed E-state index contributed by atoms with van der Waals surface area (Å²) in [5.74, 6) is -0.360. The van der Waals surface area contributed by atoms with Crippen molar-refractivity contribution in [3.8, 4) is 0 Å². The van der Waals surface area contributed by atoms with Crippen molar-refractivity contribution in [1.29, 1.82) is 0 Å². The Hall–Kier alpha value is -1.57. The third kappa shape index (κ3) is 4.06. The van der Waals surface area contributed by atoms with Crippen molar-refractivity contribution in [2.24, 2.45) is 0 Å². The van der Waals surface area contributed by atoms with Gasteiger partial charge in [-0.25, -0.2) is 4.79 Å². The summed E-state index contributed by atoms with van der Waals surface area (Å²) in [6.07, 6.45) is 1.87. The van der Waals surface area contributed by atoms with Crippen LogP contribution in [0.3, 0.4) is 0 Å². The molecule has 0 saturated heterocycles. The third-order valence-corrected chi connectivity index (χ3v) is 2.84. The molecule has 0 radical (unpaired) electrons. The van der Waals surface area contributed by atoms with Crippen molar-refractivity contribution in [3.63, 3.8) is 0 Å². The van der Waals surface area contributed by atoms with Crippen LogP contribution in [0.4, 0.5) is 0 Å². The zero-order chi connectivity index (χ0) is 12.9. The summed E-state index contributed by atoms with van der Waals surface area (Å²) in [5.41, 5.74) is 1.24. The summed E-state index contributed by atoms with van der Waals surface area (Å²) in [4.78, 5) is 11.1. The smallest absolute Gasteiger partial charge is 0.330 e. The molecule has 17 heavy (non-hydrogen) atoms. The van der Waals surface area contributed by atoms with Gasteiger partial charge >= 0.3 is 5.97 Å². The molecule has 1 aromatic rings. The second-order valence-corrected chi connectivity index (χ2v) is 4.91. The molecule has 2 nitrogen and oxygen atoms in total. The van der Waals surface area contributed by atoms with Gasteiger partial charge in [0.25, 0.3) is 0 Å². The van der Waals surface area contributed by atoms with Crippen LogP contribution in [0.1, 0.15) is 32.8 Å². The molecule has 0 fully saturated rings. The van der Waals surface area contributed by atoms with Gasteiger partial charge in [-0.1, -0.05) is 50.8 Å². The van der Waals surface area contributed by atoms with Gasteiger partial charge in [0, 0.05) is 6.08 Å². The fourth-order valence-corrected chi connectivity index (χ4v) is 2.01. The number of hydrogen-bond acceptors (Lipinski definition) is 2. The van der Waals surface area contributed by atoms with Crippen molar-refractivity contribution in [2.45, 2.75) is 38.7 Å². The van der Waals surface area contributed by atoms with Gasteiger partial charge < -0.3 is 4.74 Å². The summed E-state index contributed by atoms with van der Waals surface area (Å²) in [5, 5.41) is 0. The number of rotatable bonds is 5. The Morgan fingerprint density at radius 1 is 1.41 bits per heavy atom. The Kier molecular flexibility index (Phi) is 4.50. The van der Waals surface area contributed by atoms with Crippen molar-refractivity contribution in [1.82, 2.24) is 0 Å². The van der Waals surface area contributed by atoms with Gasteiger partial charge in [0.1, 0.15) is 6.10 Å². The van der Waals surface area contributed by atoms with Crippen LogP contribution in [0.15, 0.2) is 43.0 Å². The number of carbonyl (C=O) groups is 1. The zero-order valence-corrected chi connectivity index (χ0v) is 10.8. The number of esters is 1. The van der Waals surface area contributed by atoms with E-state index in [1.54, 1.807) is 0 Å². The van der Waals surface area contributed by atoms with E-state index in [0.717, 1.165) is 6.42 Å². The molecule has 0 amide bonds. The average Bonchev–Trinajstić information content (AvgIpc) is 2.29. The summed E-state index contributed by atoms with van der Waals surface area (Å²) in [6.45, 7) is 9.61. The van der Waals surface area contributed by atoms with Crippen LogP contribution in [0.25, 0.3) is 0 Å². The molecule has 1 unspecified atom stereocenters. The first kappa shape index (κ1) is 13.5. The molecule has 0 aromatic heterocycles. The van der Waals surface area contributed by atoms with Crippen LogP contribution in [-0.2, 0) is 14.9 Å². The standard InChI is InChI=1S/C15H20O2/c1-5-14(16)17-12(2)11-15(3,4)13-9-7-6-8-10-13/h5-10,12H,1,11H2,2-4H3. The minimum atomic E-state index is -0.360. The van der Waals surface area contributed by atoms with Crippen molar-refractivity contribution < 1.29 is 9.53 Å². The van der Waals surface area contributed by atoms with Crippen molar-refractivity contribution in [2.75, 3.05) is 0 Å². The van der Waals surface area contributed by atoms with E-state index in [9.17, 15) is 4.79 Å². The maximum atomic E-state index is 11.1. The maximum Gasteiger partial charge on any atom is 0.330 e. The number of ether oxygens (including phenoxy) is 1. The van der Waals surface area contributed by atoms with E-state index < -0.39 is 0 Å².